The van der Waals surface area contributed by atoms with Gasteiger partial charge in [0.2, 0.25) is 0 Å². The van der Waals surface area contributed by atoms with Gasteiger partial charge in [0.1, 0.15) is 0 Å². The number of hydrogen-bond donors (Lipinski definition) is 1. The first kappa shape index (κ1) is 13.0. The molecule has 1 aliphatic rings. The summed E-state index contributed by atoms with van der Waals surface area (Å²) in [4.78, 5) is 0. The molecule has 1 N–H and O–H groups in total. The van der Waals surface area contributed by atoms with E-state index >= 15 is 0 Å². The highest BCUT2D eigenvalue weighted by atomic mass is 16.5. The lowest BCUT2D eigenvalue weighted by atomic mass is 9.77. The standard InChI is InChI=1S/C13H26O2/c1-4-11-6-5-7-12(9-11)13(14)8-10(2)15-3/h10-14H,4-9H2,1-3H3. The van der Waals surface area contributed by atoms with Gasteiger partial charge in [0.05, 0.1) is 12.2 Å². The van der Waals surface area contributed by atoms with Crippen molar-refractivity contribution in [2.75, 3.05) is 7.11 Å². The minimum Gasteiger partial charge on any atom is -0.393 e. The highest BCUT2D eigenvalue weighted by molar-refractivity contribution is 4.78. The van der Waals surface area contributed by atoms with E-state index in [9.17, 15) is 5.11 Å². The molecule has 0 aromatic heterocycles. The van der Waals surface area contributed by atoms with Crippen molar-refractivity contribution in [3.8, 4) is 0 Å². The number of rotatable bonds is 5. The number of aliphatic hydroxyl groups is 1. The quantitative estimate of drug-likeness (QED) is 0.762. The predicted octanol–water partition coefficient (Wildman–Crippen LogP) is 2.99. The molecule has 2 heteroatoms. The molecule has 0 amide bonds. The zero-order valence-electron chi connectivity index (χ0n) is 10.4. The fraction of sp³-hybridized carbons (Fsp3) is 1.00. The molecule has 0 saturated heterocycles. The van der Waals surface area contributed by atoms with Crippen molar-refractivity contribution >= 4 is 0 Å². The Hall–Kier alpha value is -0.0800. The van der Waals surface area contributed by atoms with Gasteiger partial charge in [0.25, 0.3) is 0 Å². The van der Waals surface area contributed by atoms with Crippen molar-refractivity contribution < 1.29 is 9.84 Å². The van der Waals surface area contributed by atoms with Gasteiger partial charge in [-0.3, -0.25) is 0 Å². The molecule has 2 nitrogen and oxygen atoms in total. The van der Waals surface area contributed by atoms with Gasteiger partial charge < -0.3 is 9.84 Å². The molecule has 0 bridgehead atoms. The van der Waals surface area contributed by atoms with Crippen molar-refractivity contribution in [3.05, 3.63) is 0 Å². The molecular formula is C13H26O2. The Bertz CT molecular complexity index is 170. The number of ether oxygens (including phenoxy) is 1. The first-order valence-electron chi connectivity index (χ1n) is 6.38. The molecule has 4 unspecified atom stereocenters. The summed E-state index contributed by atoms with van der Waals surface area (Å²) >= 11 is 0. The average Bonchev–Trinajstić information content (AvgIpc) is 2.28. The molecule has 15 heavy (non-hydrogen) atoms. The van der Waals surface area contributed by atoms with E-state index in [4.69, 9.17) is 4.74 Å². The van der Waals surface area contributed by atoms with Crippen LogP contribution in [-0.2, 0) is 4.74 Å². The van der Waals surface area contributed by atoms with E-state index in [1.54, 1.807) is 7.11 Å². The molecule has 0 aliphatic heterocycles. The van der Waals surface area contributed by atoms with Crippen LogP contribution in [0.3, 0.4) is 0 Å². The summed E-state index contributed by atoms with van der Waals surface area (Å²) < 4.78 is 5.20. The van der Waals surface area contributed by atoms with Crippen molar-refractivity contribution in [1.82, 2.24) is 0 Å². The van der Waals surface area contributed by atoms with Crippen LogP contribution in [0.1, 0.15) is 52.4 Å². The Balaban J connectivity index is 2.34. The predicted molar refractivity (Wildman–Crippen MR) is 62.8 cm³/mol. The van der Waals surface area contributed by atoms with Crippen LogP contribution in [0.4, 0.5) is 0 Å². The Morgan fingerprint density at radius 1 is 1.40 bits per heavy atom. The second kappa shape index (κ2) is 6.49. The number of hydrogen-bond acceptors (Lipinski definition) is 2. The third-order valence-corrected chi connectivity index (χ3v) is 3.92. The summed E-state index contributed by atoms with van der Waals surface area (Å²) in [6.45, 7) is 4.29. The van der Waals surface area contributed by atoms with E-state index in [0.717, 1.165) is 12.3 Å². The first-order chi connectivity index (χ1) is 7.17. The zero-order valence-corrected chi connectivity index (χ0v) is 10.4. The summed E-state index contributed by atoms with van der Waals surface area (Å²) in [5.74, 6) is 1.36. The van der Waals surface area contributed by atoms with Crippen LogP contribution in [0.2, 0.25) is 0 Å². The SMILES string of the molecule is CCC1CCCC(C(O)CC(C)OC)C1. The maximum absolute atomic E-state index is 10.1. The normalized spacial score (nSPS) is 31.2. The molecule has 0 aromatic rings. The Morgan fingerprint density at radius 3 is 2.73 bits per heavy atom. The van der Waals surface area contributed by atoms with E-state index in [2.05, 4.69) is 6.92 Å². The highest BCUT2D eigenvalue weighted by Gasteiger charge is 2.27. The fourth-order valence-corrected chi connectivity index (χ4v) is 2.68. The lowest BCUT2D eigenvalue weighted by Gasteiger charge is -2.32. The molecule has 90 valence electrons. The Labute approximate surface area is 94.0 Å². The monoisotopic (exact) mass is 214 g/mol. The van der Waals surface area contributed by atoms with E-state index in [1.807, 2.05) is 6.92 Å². The molecule has 1 saturated carbocycles. The van der Waals surface area contributed by atoms with Crippen molar-refractivity contribution in [2.45, 2.75) is 64.6 Å². The minimum atomic E-state index is -0.158. The minimum absolute atomic E-state index is 0.158. The topological polar surface area (TPSA) is 29.5 Å². The summed E-state index contributed by atoms with van der Waals surface area (Å²) in [5, 5.41) is 10.1. The first-order valence-corrected chi connectivity index (χ1v) is 6.38. The van der Waals surface area contributed by atoms with Crippen LogP contribution in [-0.4, -0.2) is 24.4 Å². The van der Waals surface area contributed by atoms with E-state index in [-0.39, 0.29) is 12.2 Å². The molecule has 1 aliphatic carbocycles. The van der Waals surface area contributed by atoms with Crippen LogP contribution >= 0.6 is 0 Å². The molecular weight excluding hydrogens is 188 g/mol. The number of aliphatic hydroxyl groups excluding tert-OH is 1. The van der Waals surface area contributed by atoms with E-state index in [1.165, 1.54) is 32.1 Å². The average molecular weight is 214 g/mol. The fourth-order valence-electron chi connectivity index (χ4n) is 2.68. The zero-order chi connectivity index (χ0) is 11.3. The van der Waals surface area contributed by atoms with Gasteiger partial charge in [0.15, 0.2) is 0 Å². The molecule has 1 fully saturated rings. The van der Waals surface area contributed by atoms with Gasteiger partial charge in [0, 0.05) is 7.11 Å². The molecule has 0 aromatic carbocycles. The third-order valence-electron chi connectivity index (χ3n) is 3.92. The van der Waals surface area contributed by atoms with Crippen molar-refractivity contribution in [2.24, 2.45) is 11.8 Å². The van der Waals surface area contributed by atoms with E-state index in [0.29, 0.717) is 5.92 Å². The van der Waals surface area contributed by atoms with Crippen molar-refractivity contribution in [3.63, 3.8) is 0 Å². The molecule has 0 heterocycles. The molecule has 4 atom stereocenters. The largest absolute Gasteiger partial charge is 0.393 e. The van der Waals surface area contributed by atoms with Crippen LogP contribution in [0.15, 0.2) is 0 Å². The lowest BCUT2D eigenvalue weighted by Crippen LogP contribution is -2.29. The third kappa shape index (κ3) is 4.12. The van der Waals surface area contributed by atoms with Crippen LogP contribution in [0.25, 0.3) is 0 Å². The molecule has 0 radical (unpaired) electrons. The van der Waals surface area contributed by atoms with Gasteiger partial charge in [-0.1, -0.05) is 26.2 Å². The number of methoxy groups -OCH3 is 1. The van der Waals surface area contributed by atoms with Gasteiger partial charge in [-0.2, -0.15) is 0 Å². The summed E-state index contributed by atoms with van der Waals surface area (Å²) in [5.41, 5.74) is 0. The lowest BCUT2D eigenvalue weighted by molar-refractivity contribution is 0.0114. The Morgan fingerprint density at radius 2 is 2.13 bits per heavy atom. The summed E-state index contributed by atoms with van der Waals surface area (Å²) in [7, 11) is 1.72. The highest BCUT2D eigenvalue weighted by Crippen LogP contribution is 2.34. The second-order valence-corrected chi connectivity index (χ2v) is 5.05. The van der Waals surface area contributed by atoms with Gasteiger partial charge >= 0.3 is 0 Å². The van der Waals surface area contributed by atoms with Crippen LogP contribution in [0.5, 0.6) is 0 Å². The summed E-state index contributed by atoms with van der Waals surface area (Å²) in [6.07, 6.45) is 7.15. The van der Waals surface area contributed by atoms with Gasteiger partial charge in [-0.05, 0) is 38.0 Å². The van der Waals surface area contributed by atoms with Gasteiger partial charge in [-0.25, -0.2) is 0 Å². The molecule has 1 rings (SSSR count). The van der Waals surface area contributed by atoms with Crippen LogP contribution in [0, 0.1) is 11.8 Å². The van der Waals surface area contributed by atoms with E-state index < -0.39 is 0 Å². The second-order valence-electron chi connectivity index (χ2n) is 5.05. The van der Waals surface area contributed by atoms with Crippen LogP contribution < -0.4 is 0 Å². The maximum Gasteiger partial charge on any atom is 0.0593 e. The smallest absolute Gasteiger partial charge is 0.0593 e. The maximum atomic E-state index is 10.1. The van der Waals surface area contributed by atoms with Gasteiger partial charge in [-0.15, -0.1) is 0 Å². The Kier molecular flexibility index (Phi) is 5.62. The summed E-state index contributed by atoms with van der Waals surface area (Å²) in [6, 6.07) is 0. The molecule has 0 spiro atoms. The van der Waals surface area contributed by atoms with Crippen molar-refractivity contribution in [1.29, 1.82) is 0 Å².